The molecule has 3 heterocycles. The number of hydrogen-bond donors (Lipinski definition) is 0. The second-order valence-electron chi connectivity index (χ2n) is 7.33. The second-order valence-corrected chi connectivity index (χ2v) is 7.33. The van der Waals surface area contributed by atoms with E-state index in [9.17, 15) is 9.59 Å². The Morgan fingerprint density at radius 1 is 1.20 bits per heavy atom. The topological polar surface area (TPSA) is 66.2 Å². The molecule has 0 amide bonds. The van der Waals surface area contributed by atoms with E-state index in [2.05, 4.69) is 37.2 Å². The average Bonchev–Trinajstić information content (AvgIpc) is 3.06. The molecule has 0 radical (unpaired) electrons. The van der Waals surface area contributed by atoms with Gasteiger partial charge in [0.1, 0.15) is 0 Å². The highest BCUT2D eigenvalue weighted by molar-refractivity contribution is 5.75. The number of fused-ring (bicyclic) bond motifs is 3. The first-order valence-corrected chi connectivity index (χ1v) is 8.97. The molecule has 0 bridgehead atoms. The molecule has 3 aromatic rings. The molecule has 3 rings (SSSR count). The lowest BCUT2D eigenvalue weighted by Gasteiger charge is -2.12. The smallest absolute Gasteiger partial charge is 0.311 e. The minimum Gasteiger partial charge on any atom is -0.311 e. The lowest BCUT2D eigenvalue weighted by molar-refractivity contribution is 0.488. The van der Waals surface area contributed by atoms with Crippen molar-refractivity contribution in [2.75, 3.05) is 0 Å². The van der Waals surface area contributed by atoms with Crippen LogP contribution in [0.15, 0.2) is 15.8 Å². The van der Waals surface area contributed by atoms with E-state index in [1.165, 1.54) is 9.13 Å². The Balaban J connectivity index is 2.36. The fourth-order valence-corrected chi connectivity index (χ4v) is 3.34. The first kappa shape index (κ1) is 17.5. The zero-order valence-corrected chi connectivity index (χ0v) is 15.9. The van der Waals surface area contributed by atoms with Crippen LogP contribution in [0, 0.1) is 12.8 Å². The van der Waals surface area contributed by atoms with Gasteiger partial charge in [-0.25, -0.2) is 4.79 Å². The van der Waals surface area contributed by atoms with Gasteiger partial charge >= 0.3 is 5.69 Å². The third-order valence-electron chi connectivity index (χ3n) is 5.03. The van der Waals surface area contributed by atoms with E-state index < -0.39 is 0 Å². The van der Waals surface area contributed by atoms with Gasteiger partial charge in [0.2, 0.25) is 5.78 Å². The number of rotatable bonds is 5. The van der Waals surface area contributed by atoms with Crippen molar-refractivity contribution in [3.63, 3.8) is 0 Å². The summed E-state index contributed by atoms with van der Waals surface area (Å²) in [7, 11) is 1.68. The normalized spacial score (nSPS) is 13.4. The van der Waals surface area contributed by atoms with Crippen LogP contribution >= 0.6 is 0 Å². The minimum atomic E-state index is -0.300. The molecule has 0 N–H and O–H groups in total. The van der Waals surface area contributed by atoms with Crippen molar-refractivity contribution in [3.8, 4) is 0 Å². The van der Waals surface area contributed by atoms with Gasteiger partial charge in [-0.15, -0.1) is 0 Å². The van der Waals surface area contributed by atoms with Crippen LogP contribution in [-0.4, -0.2) is 23.1 Å². The van der Waals surface area contributed by atoms with Crippen molar-refractivity contribution in [2.45, 2.75) is 60.0 Å². The molecule has 0 aliphatic heterocycles. The fourth-order valence-electron chi connectivity index (χ4n) is 3.34. The summed E-state index contributed by atoms with van der Waals surface area (Å²) in [4.78, 5) is 30.3. The van der Waals surface area contributed by atoms with Crippen LogP contribution in [0.2, 0.25) is 0 Å². The molecule has 1 atom stereocenters. The van der Waals surface area contributed by atoms with E-state index in [4.69, 9.17) is 0 Å². The van der Waals surface area contributed by atoms with Crippen molar-refractivity contribution in [2.24, 2.45) is 13.0 Å². The number of aryl methyl sites for hydroxylation is 2. The highest BCUT2D eigenvalue weighted by Crippen LogP contribution is 2.22. The van der Waals surface area contributed by atoms with Gasteiger partial charge in [-0.2, -0.15) is 4.98 Å². The molecule has 0 aliphatic rings. The molecule has 0 spiro atoms. The molecule has 0 saturated carbocycles. The van der Waals surface area contributed by atoms with E-state index in [1.54, 1.807) is 7.05 Å². The van der Waals surface area contributed by atoms with Gasteiger partial charge in [-0.3, -0.25) is 18.3 Å². The molecule has 25 heavy (non-hydrogen) atoms. The third-order valence-corrected chi connectivity index (χ3v) is 5.03. The maximum Gasteiger partial charge on any atom is 0.332 e. The van der Waals surface area contributed by atoms with E-state index in [1.807, 2.05) is 17.5 Å². The number of nitrogens with zero attached hydrogens (tertiary/aromatic N) is 5. The average molecular weight is 345 g/mol. The highest BCUT2D eigenvalue weighted by atomic mass is 16.2. The summed E-state index contributed by atoms with van der Waals surface area (Å²) in [5.74, 6) is 1.14. The molecule has 136 valence electrons. The minimum absolute atomic E-state index is 0.257. The zero-order chi connectivity index (χ0) is 18.5. The summed E-state index contributed by atoms with van der Waals surface area (Å²) in [5.41, 5.74) is 1.42. The lowest BCUT2D eigenvalue weighted by Crippen LogP contribution is -2.39. The molecule has 7 heteroatoms. The van der Waals surface area contributed by atoms with Crippen LogP contribution < -0.4 is 11.2 Å². The molecule has 7 nitrogen and oxygen atoms in total. The van der Waals surface area contributed by atoms with Crippen LogP contribution in [-0.2, 0) is 13.6 Å². The highest BCUT2D eigenvalue weighted by Gasteiger charge is 2.21. The number of aromatic nitrogens is 5. The summed E-state index contributed by atoms with van der Waals surface area (Å²) in [6.45, 7) is 10.9. The summed E-state index contributed by atoms with van der Waals surface area (Å²) in [5, 5.41) is 0. The Kier molecular flexibility index (Phi) is 4.34. The monoisotopic (exact) mass is 345 g/mol. The van der Waals surface area contributed by atoms with Crippen LogP contribution in [0.5, 0.6) is 0 Å². The first-order chi connectivity index (χ1) is 11.8. The van der Waals surface area contributed by atoms with Gasteiger partial charge < -0.3 is 4.57 Å². The molecule has 0 saturated heterocycles. The third kappa shape index (κ3) is 2.62. The van der Waals surface area contributed by atoms with Crippen molar-refractivity contribution in [1.82, 2.24) is 23.1 Å². The Morgan fingerprint density at radius 3 is 2.48 bits per heavy atom. The summed E-state index contributed by atoms with van der Waals surface area (Å²) in [6.07, 6.45) is 3.69. The van der Waals surface area contributed by atoms with Gasteiger partial charge in [0.15, 0.2) is 11.2 Å². The van der Waals surface area contributed by atoms with Crippen molar-refractivity contribution >= 4 is 16.9 Å². The molecular formula is C18H27N5O2. The van der Waals surface area contributed by atoms with Gasteiger partial charge in [-0.1, -0.05) is 20.8 Å². The summed E-state index contributed by atoms with van der Waals surface area (Å²) >= 11 is 0. The molecule has 0 aliphatic carbocycles. The molecule has 0 unspecified atom stereocenters. The fraction of sp³-hybridized carbons (Fsp3) is 0.611. The van der Waals surface area contributed by atoms with Gasteiger partial charge in [0.25, 0.3) is 5.56 Å². The standard InChI is InChI=1S/C18H27N5O2/c1-7-12(4)23-13(5)10-22-14-15(19-17(22)23)20(6)18(25)21(16(14)24)9-8-11(2)3/h10-12H,7-9H2,1-6H3/t12-/m1/s1. The van der Waals surface area contributed by atoms with Gasteiger partial charge in [0.05, 0.1) is 0 Å². The van der Waals surface area contributed by atoms with Crippen LogP contribution in [0.1, 0.15) is 52.3 Å². The van der Waals surface area contributed by atoms with Crippen LogP contribution in [0.4, 0.5) is 0 Å². The van der Waals surface area contributed by atoms with Crippen molar-refractivity contribution in [3.05, 3.63) is 32.7 Å². The Morgan fingerprint density at radius 2 is 1.88 bits per heavy atom. The zero-order valence-electron chi connectivity index (χ0n) is 15.9. The summed E-state index contributed by atoms with van der Waals surface area (Å²) in [6, 6.07) is 0.273. The molecule has 0 aromatic carbocycles. The number of imidazole rings is 2. The maximum absolute atomic E-state index is 13.0. The van der Waals surface area contributed by atoms with E-state index in [-0.39, 0.29) is 17.3 Å². The number of hydrogen-bond acceptors (Lipinski definition) is 3. The molecule has 3 aromatic heterocycles. The summed E-state index contributed by atoms with van der Waals surface area (Å²) < 4.78 is 6.79. The quantitative estimate of drug-likeness (QED) is 0.713. The largest absolute Gasteiger partial charge is 0.332 e. The van der Waals surface area contributed by atoms with Crippen molar-refractivity contribution in [1.29, 1.82) is 0 Å². The van der Waals surface area contributed by atoms with Crippen molar-refractivity contribution < 1.29 is 0 Å². The molecule has 0 fully saturated rings. The Bertz CT molecular complexity index is 1050. The molecular weight excluding hydrogens is 318 g/mol. The lowest BCUT2D eigenvalue weighted by atomic mass is 10.1. The van der Waals surface area contributed by atoms with Gasteiger partial charge in [-0.05, 0) is 32.6 Å². The van der Waals surface area contributed by atoms with Crippen LogP contribution in [0.3, 0.4) is 0 Å². The van der Waals surface area contributed by atoms with Gasteiger partial charge in [0, 0.05) is 31.5 Å². The van der Waals surface area contributed by atoms with E-state index in [0.29, 0.717) is 23.6 Å². The predicted octanol–water partition coefficient (Wildman–Crippen LogP) is 2.47. The van der Waals surface area contributed by atoms with Crippen LogP contribution in [0.25, 0.3) is 16.9 Å². The van der Waals surface area contributed by atoms with E-state index in [0.717, 1.165) is 24.3 Å². The predicted molar refractivity (Wildman–Crippen MR) is 99.4 cm³/mol. The Hall–Kier alpha value is -2.31. The van der Waals surface area contributed by atoms with E-state index >= 15 is 0 Å². The second kappa shape index (κ2) is 6.20. The Labute approximate surface area is 146 Å². The first-order valence-electron chi connectivity index (χ1n) is 8.97. The SMILES string of the molecule is CC[C@@H](C)n1c(C)cn2c3c(=O)n(CCC(C)C)c(=O)n(C)c3nc12. The maximum atomic E-state index is 13.0.